The Bertz CT molecular complexity index is 664. The van der Waals surface area contributed by atoms with Crippen molar-refractivity contribution in [3.05, 3.63) is 35.4 Å². The van der Waals surface area contributed by atoms with Crippen LogP contribution in [0.1, 0.15) is 56.5 Å². The second-order valence-electron chi connectivity index (χ2n) is 8.17. The first kappa shape index (κ1) is 30.6. The van der Waals surface area contributed by atoms with Crippen LogP contribution in [0.2, 0.25) is 0 Å². The van der Waals surface area contributed by atoms with Crippen LogP contribution in [0.25, 0.3) is 0 Å². The summed E-state index contributed by atoms with van der Waals surface area (Å²) in [6.07, 6.45) is 2.27. The van der Waals surface area contributed by atoms with Gasteiger partial charge in [0.1, 0.15) is 0 Å². The Kier molecular flexibility index (Phi) is 17.3. The predicted molar refractivity (Wildman–Crippen MR) is 147 cm³/mol. The van der Waals surface area contributed by atoms with Crippen LogP contribution in [0.15, 0.2) is 29.3 Å². The lowest BCUT2D eigenvalue weighted by molar-refractivity contribution is 0.0951. The molecular formula is C24H45IN6O. The fourth-order valence-electron chi connectivity index (χ4n) is 3.26. The van der Waals surface area contributed by atoms with E-state index in [0.717, 1.165) is 50.7 Å². The fourth-order valence-corrected chi connectivity index (χ4v) is 3.26. The van der Waals surface area contributed by atoms with E-state index in [1.807, 2.05) is 43.3 Å². The van der Waals surface area contributed by atoms with Crippen molar-refractivity contribution in [2.24, 2.45) is 4.99 Å². The summed E-state index contributed by atoms with van der Waals surface area (Å²) in [7, 11) is 3.99. The van der Waals surface area contributed by atoms with Crippen LogP contribution in [-0.2, 0) is 6.54 Å². The molecule has 0 spiro atoms. The lowest BCUT2D eigenvalue weighted by atomic mass is 10.1. The third-order valence-electron chi connectivity index (χ3n) is 5.19. The summed E-state index contributed by atoms with van der Waals surface area (Å²) >= 11 is 0. The van der Waals surface area contributed by atoms with Gasteiger partial charge in [-0.25, -0.2) is 4.99 Å². The van der Waals surface area contributed by atoms with Crippen molar-refractivity contribution >= 4 is 35.8 Å². The van der Waals surface area contributed by atoms with Gasteiger partial charge >= 0.3 is 0 Å². The summed E-state index contributed by atoms with van der Waals surface area (Å²) in [5, 5.41) is 9.80. The zero-order valence-electron chi connectivity index (χ0n) is 20.9. The summed E-state index contributed by atoms with van der Waals surface area (Å²) in [5.74, 6) is 0.776. The van der Waals surface area contributed by atoms with Gasteiger partial charge in [-0.1, -0.05) is 26.0 Å². The van der Waals surface area contributed by atoms with Gasteiger partial charge in [-0.3, -0.25) is 4.79 Å². The number of likely N-dealkylation sites (N-methyl/N-ethyl adjacent to an activating group) is 1. The summed E-state index contributed by atoms with van der Waals surface area (Å²) in [5.41, 5.74) is 1.70. The number of hydrogen-bond donors (Lipinski definition) is 3. The number of nitrogens with zero attached hydrogens (tertiary/aromatic N) is 3. The van der Waals surface area contributed by atoms with Crippen LogP contribution < -0.4 is 16.0 Å². The first-order valence-corrected chi connectivity index (χ1v) is 11.7. The van der Waals surface area contributed by atoms with Crippen molar-refractivity contribution < 1.29 is 4.79 Å². The number of carbonyl (C=O) groups is 1. The molecule has 0 aliphatic carbocycles. The maximum atomic E-state index is 12.4. The van der Waals surface area contributed by atoms with Crippen molar-refractivity contribution in [1.29, 1.82) is 0 Å². The molecule has 1 unspecified atom stereocenters. The highest BCUT2D eigenvalue weighted by molar-refractivity contribution is 14.0. The minimum absolute atomic E-state index is 0. The minimum Gasteiger partial charge on any atom is -0.357 e. The Morgan fingerprint density at radius 1 is 1.09 bits per heavy atom. The molecule has 0 heterocycles. The van der Waals surface area contributed by atoms with Gasteiger partial charge in [-0.2, -0.15) is 0 Å². The number of benzene rings is 1. The average Bonchev–Trinajstić information content (AvgIpc) is 2.75. The molecule has 0 radical (unpaired) electrons. The van der Waals surface area contributed by atoms with Gasteiger partial charge in [0, 0.05) is 31.2 Å². The quantitative estimate of drug-likeness (QED) is 0.185. The molecule has 32 heavy (non-hydrogen) atoms. The number of hydrogen-bond acceptors (Lipinski definition) is 4. The summed E-state index contributed by atoms with van der Waals surface area (Å²) < 4.78 is 0. The first-order chi connectivity index (χ1) is 14.9. The van der Waals surface area contributed by atoms with Crippen LogP contribution in [0.3, 0.4) is 0 Å². The Balaban J connectivity index is 0.00000961. The van der Waals surface area contributed by atoms with E-state index in [9.17, 15) is 4.79 Å². The number of amides is 1. The normalized spacial score (nSPS) is 12.4. The molecule has 0 bridgehead atoms. The summed E-state index contributed by atoms with van der Waals surface area (Å²) in [4.78, 5) is 21.6. The van der Waals surface area contributed by atoms with E-state index in [-0.39, 0.29) is 29.9 Å². The molecule has 3 N–H and O–H groups in total. The maximum absolute atomic E-state index is 12.4. The number of halogens is 1. The molecule has 0 aliphatic rings. The Labute approximate surface area is 212 Å². The second kappa shape index (κ2) is 18.1. The molecule has 0 aliphatic heterocycles. The van der Waals surface area contributed by atoms with Crippen molar-refractivity contribution in [2.75, 3.05) is 53.4 Å². The number of rotatable bonds is 14. The molecule has 1 aromatic rings. The van der Waals surface area contributed by atoms with Gasteiger partial charge in [0.2, 0.25) is 0 Å². The lowest BCUT2D eigenvalue weighted by Gasteiger charge is -2.21. The molecule has 8 heteroatoms. The van der Waals surface area contributed by atoms with Gasteiger partial charge in [-0.05, 0) is 78.1 Å². The number of aliphatic imine (C=N–C) groups is 1. The third kappa shape index (κ3) is 13.2. The van der Waals surface area contributed by atoms with E-state index < -0.39 is 0 Å². The molecule has 0 saturated heterocycles. The van der Waals surface area contributed by atoms with Gasteiger partial charge in [-0.15, -0.1) is 24.0 Å². The molecular weight excluding hydrogens is 515 g/mol. The van der Waals surface area contributed by atoms with Crippen LogP contribution in [0.4, 0.5) is 0 Å². The maximum Gasteiger partial charge on any atom is 0.251 e. The number of nitrogens with one attached hydrogen (secondary N) is 3. The van der Waals surface area contributed by atoms with Gasteiger partial charge in [0.15, 0.2) is 5.96 Å². The van der Waals surface area contributed by atoms with Crippen molar-refractivity contribution in [1.82, 2.24) is 25.8 Å². The third-order valence-corrected chi connectivity index (χ3v) is 5.19. The first-order valence-electron chi connectivity index (χ1n) is 11.7. The van der Waals surface area contributed by atoms with Crippen LogP contribution in [-0.4, -0.2) is 81.1 Å². The molecule has 1 atom stereocenters. The highest BCUT2D eigenvalue weighted by Gasteiger charge is 2.08. The lowest BCUT2D eigenvalue weighted by Crippen LogP contribution is -2.42. The topological polar surface area (TPSA) is 72.0 Å². The summed E-state index contributed by atoms with van der Waals surface area (Å²) in [6, 6.07) is 8.05. The van der Waals surface area contributed by atoms with Crippen LogP contribution in [0.5, 0.6) is 0 Å². The zero-order valence-corrected chi connectivity index (χ0v) is 23.2. The van der Waals surface area contributed by atoms with E-state index in [1.165, 1.54) is 6.42 Å². The van der Waals surface area contributed by atoms with Crippen molar-refractivity contribution in [3.8, 4) is 0 Å². The molecule has 1 rings (SSSR count). The molecule has 1 aromatic carbocycles. The largest absolute Gasteiger partial charge is 0.357 e. The highest BCUT2D eigenvalue weighted by atomic mass is 127. The Hall–Kier alpha value is -1.39. The number of carbonyl (C=O) groups excluding carboxylic acids is 1. The molecule has 0 fully saturated rings. The SMILES string of the molecule is CCNC(=NCc1cccc(C(=O)NCCN(C)C)c1)NC(C)CCCN(CC)CC.I. The average molecular weight is 561 g/mol. The van der Waals surface area contributed by atoms with E-state index in [0.29, 0.717) is 24.7 Å². The molecule has 1 amide bonds. The molecule has 0 aromatic heterocycles. The zero-order chi connectivity index (χ0) is 23.1. The van der Waals surface area contributed by atoms with E-state index >= 15 is 0 Å². The smallest absolute Gasteiger partial charge is 0.251 e. The van der Waals surface area contributed by atoms with E-state index in [4.69, 9.17) is 4.99 Å². The van der Waals surface area contributed by atoms with Crippen LogP contribution in [0, 0.1) is 0 Å². The molecule has 184 valence electrons. The predicted octanol–water partition coefficient (Wildman–Crippen LogP) is 3.16. The van der Waals surface area contributed by atoms with E-state index in [2.05, 4.69) is 48.5 Å². The minimum atomic E-state index is -0.0421. The van der Waals surface area contributed by atoms with Crippen molar-refractivity contribution in [2.45, 2.75) is 53.1 Å². The van der Waals surface area contributed by atoms with Gasteiger partial charge in [0.05, 0.1) is 6.54 Å². The monoisotopic (exact) mass is 560 g/mol. The van der Waals surface area contributed by atoms with Gasteiger partial charge in [0.25, 0.3) is 5.91 Å². The summed E-state index contributed by atoms with van der Waals surface area (Å²) in [6.45, 7) is 14.8. The molecule has 7 nitrogen and oxygen atoms in total. The van der Waals surface area contributed by atoms with Crippen LogP contribution >= 0.6 is 24.0 Å². The van der Waals surface area contributed by atoms with Gasteiger partial charge < -0.3 is 25.8 Å². The second-order valence-corrected chi connectivity index (χ2v) is 8.17. The Morgan fingerprint density at radius 3 is 2.44 bits per heavy atom. The standard InChI is InChI=1S/C24H44N6O.HI/c1-7-25-24(28-20(4)12-11-16-30(8-2)9-3)27-19-21-13-10-14-22(18-21)23(31)26-15-17-29(5)6;/h10,13-14,18,20H,7-9,11-12,15-17,19H2,1-6H3,(H,26,31)(H2,25,27,28);1H. The number of guanidine groups is 1. The molecule has 0 saturated carbocycles. The van der Waals surface area contributed by atoms with Crippen molar-refractivity contribution in [3.63, 3.8) is 0 Å². The Morgan fingerprint density at radius 2 is 1.81 bits per heavy atom. The van der Waals surface area contributed by atoms with E-state index in [1.54, 1.807) is 0 Å². The highest BCUT2D eigenvalue weighted by Crippen LogP contribution is 2.07. The fraction of sp³-hybridized carbons (Fsp3) is 0.667.